The molecule has 96 valence electrons. The van der Waals surface area contributed by atoms with E-state index in [0.717, 1.165) is 23.4 Å². The summed E-state index contributed by atoms with van der Waals surface area (Å²) >= 11 is 1.43. The van der Waals surface area contributed by atoms with Crippen molar-refractivity contribution in [2.45, 2.75) is 39.7 Å². The van der Waals surface area contributed by atoms with E-state index in [-0.39, 0.29) is 6.04 Å². The Morgan fingerprint density at radius 2 is 1.94 bits per heavy atom. The van der Waals surface area contributed by atoms with Crippen molar-refractivity contribution in [1.82, 2.24) is 9.59 Å². The Bertz CT molecular complexity index is 513. The number of nitrogens with zero attached hydrogens (tertiary/aromatic N) is 2. The van der Waals surface area contributed by atoms with Crippen LogP contribution in [0.1, 0.15) is 40.2 Å². The third kappa shape index (κ3) is 2.60. The number of aryl methyl sites for hydroxylation is 3. The molecule has 0 amide bonds. The van der Waals surface area contributed by atoms with E-state index in [1.54, 1.807) is 0 Å². The highest BCUT2D eigenvalue weighted by molar-refractivity contribution is 7.05. The first kappa shape index (κ1) is 13.2. The summed E-state index contributed by atoms with van der Waals surface area (Å²) in [6.45, 7) is 6.37. The second-order valence-electron chi connectivity index (χ2n) is 4.62. The summed E-state index contributed by atoms with van der Waals surface area (Å²) in [6, 6.07) is 6.37. The van der Waals surface area contributed by atoms with Gasteiger partial charge in [0.2, 0.25) is 0 Å². The maximum absolute atomic E-state index is 6.32. The third-order valence-electron chi connectivity index (χ3n) is 3.33. The van der Waals surface area contributed by atoms with E-state index in [2.05, 4.69) is 48.6 Å². The van der Waals surface area contributed by atoms with Crippen LogP contribution in [0.2, 0.25) is 0 Å². The monoisotopic (exact) mass is 261 g/mol. The van der Waals surface area contributed by atoms with Gasteiger partial charge in [0.05, 0.1) is 10.6 Å². The van der Waals surface area contributed by atoms with Crippen molar-refractivity contribution in [2.24, 2.45) is 5.73 Å². The standard InChI is InChI=1S/C14H19N3S/c1-4-13-14(18-17-16-13)12(15)8-11-9(2)6-5-7-10(11)3/h5-7,12H,4,8,15H2,1-3H3. The molecule has 0 saturated heterocycles. The van der Waals surface area contributed by atoms with Crippen LogP contribution in [0.4, 0.5) is 0 Å². The minimum atomic E-state index is -0.000231. The highest BCUT2D eigenvalue weighted by Crippen LogP contribution is 2.25. The molecule has 3 nitrogen and oxygen atoms in total. The smallest absolute Gasteiger partial charge is 0.0801 e. The summed E-state index contributed by atoms with van der Waals surface area (Å²) in [5, 5.41) is 4.13. The van der Waals surface area contributed by atoms with E-state index < -0.39 is 0 Å². The van der Waals surface area contributed by atoms with Gasteiger partial charge in [0.15, 0.2) is 0 Å². The van der Waals surface area contributed by atoms with Crippen molar-refractivity contribution < 1.29 is 0 Å². The molecule has 2 aromatic rings. The fourth-order valence-corrected chi connectivity index (χ4v) is 2.96. The summed E-state index contributed by atoms with van der Waals surface area (Å²) < 4.78 is 4.01. The molecule has 0 aliphatic rings. The van der Waals surface area contributed by atoms with E-state index in [9.17, 15) is 0 Å². The molecule has 1 heterocycles. The molecule has 0 bridgehead atoms. The molecule has 0 spiro atoms. The number of hydrogen-bond acceptors (Lipinski definition) is 4. The van der Waals surface area contributed by atoms with Crippen LogP contribution in [0.3, 0.4) is 0 Å². The molecule has 1 atom stereocenters. The fourth-order valence-electron chi connectivity index (χ4n) is 2.23. The molecule has 2 N–H and O–H groups in total. The van der Waals surface area contributed by atoms with Gasteiger partial charge in [0, 0.05) is 6.04 Å². The molecule has 0 aliphatic carbocycles. The molecule has 2 rings (SSSR count). The molecular formula is C14H19N3S. The topological polar surface area (TPSA) is 51.8 Å². The van der Waals surface area contributed by atoms with Gasteiger partial charge in [0.25, 0.3) is 0 Å². The number of nitrogens with two attached hydrogens (primary N) is 1. The molecule has 1 unspecified atom stereocenters. The van der Waals surface area contributed by atoms with Crippen LogP contribution in [-0.2, 0) is 12.8 Å². The van der Waals surface area contributed by atoms with Crippen LogP contribution in [0.25, 0.3) is 0 Å². The largest absolute Gasteiger partial charge is 0.323 e. The first-order valence-electron chi connectivity index (χ1n) is 6.25. The number of rotatable bonds is 4. The quantitative estimate of drug-likeness (QED) is 0.920. The van der Waals surface area contributed by atoms with Gasteiger partial charge in [0.1, 0.15) is 0 Å². The first-order chi connectivity index (χ1) is 8.63. The summed E-state index contributed by atoms with van der Waals surface area (Å²) in [7, 11) is 0. The minimum Gasteiger partial charge on any atom is -0.323 e. The summed E-state index contributed by atoms with van der Waals surface area (Å²) in [6.07, 6.45) is 1.75. The van der Waals surface area contributed by atoms with Crippen LogP contribution in [-0.4, -0.2) is 9.59 Å². The molecule has 0 aliphatic heterocycles. The predicted octanol–water partition coefficient (Wildman–Crippen LogP) is 2.96. The SMILES string of the molecule is CCc1nnsc1C(N)Cc1c(C)cccc1C. The molecule has 18 heavy (non-hydrogen) atoms. The summed E-state index contributed by atoms with van der Waals surface area (Å²) in [4.78, 5) is 1.13. The molecule has 0 fully saturated rings. The fraction of sp³-hybridized carbons (Fsp3) is 0.429. The molecule has 1 aromatic carbocycles. The Hall–Kier alpha value is -1.26. The Labute approximate surface area is 112 Å². The molecule has 1 aromatic heterocycles. The highest BCUT2D eigenvalue weighted by atomic mass is 32.1. The van der Waals surface area contributed by atoms with Gasteiger partial charge in [-0.1, -0.05) is 29.6 Å². The van der Waals surface area contributed by atoms with Crippen molar-refractivity contribution in [2.75, 3.05) is 0 Å². The normalized spacial score (nSPS) is 12.7. The number of aromatic nitrogens is 2. The van der Waals surface area contributed by atoms with Crippen LogP contribution >= 0.6 is 11.5 Å². The lowest BCUT2D eigenvalue weighted by atomic mass is 9.95. The van der Waals surface area contributed by atoms with Crippen molar-refractivity contribution in [3.05, 3.63) is 45.5 Å². The Balaban J connectivity index is 2.24. The zero-order valence-electron chi connectivity index (χ0n) is 11.1. The van der Waals surface area contributed by atoms with E-state index in [0.29, 0.717) is 0 Å². The van der Waals surface area contributed by atoms with E-state index in [1.807, 2.05) is 0 Å². The lowest BCUT2D eigenvalue weighted by Crippen LogP contribution is -2.15. The number of hydrogen-bond donors (Lipinski definition) is 1. The van der Waals surface area contributed by atoms with Crippen LogP contribution in [0.5, 0.6) is 0 Å². The predicted molar refractivity (Wildman–Crippen MR) is 75.8 cm³/mol. The second kappa shape index (κ2) is 5.59. The van der Waals surface area contributed by atoms with Gasteiger partial charge in [-0.2, -0.15) is 0 Å². The van der Waals surface area contributed by atoms with Crippen molar-refractivity contribution >= 4 is 11.5 Å². The van der Waals surface area contributed by atoms with Crippen LogP contribution < -0.4 is 5.73 Å². The molecule has 0 saturated carbocycles. The second-order valence-corrected chi connectivity index (χ2v) is 5.40. The zero-order chi connectivity index (χ0) is 13.1. The van der Waals surface area contributed by atoms with E-state index in [4.69, 9.17) is 5.73 Å². The summed E-state index contributed by atoms with van der Waals surface area (Å²) in [5.41, 5.74) is 11.3. The van der Waals surface area contributed by atoms with Gasteiger partial charge in [-0.15, -0.1) is 5.10 Å². The van der Waals surface area contributed by atoms with E-state index in [1.165, 1.54) is 28.2 Å². The van der Waals surface area contributed by atoms with Crippen molar-refractivity contribution in [1.29, 1.82) is 0 Å². The Kier molecular flexibility index (Phi) is 4.09. The third-order valence-corrected chi connectivity index (χ3v) is 4.22. The van der Waals surface area contributed by atoms with Gasteiger partial charge >= 0.3 is 0 Å². The number of benzene rings is 1. The minimum absolute atomic E-state index is 0.000231. The molecular weight excluding hydrogens is 242 g/mol. The van der Waals surface area contributed by atoms with Crippen LogP contribution in [0.15, 0.2) is 18.2 Å². The molecule has 0 radical (unpaired) electrons. The Morgan fingerprint density at radius 1 is 1.28 bits per heavy atom. The zero-order valence-corrected chi connectivity index (χ0v) is 11.9. The average Bonchev–Trinajstić information content (AvgIpc) is 2.82. The maximum atomic E-state index is 6.32. The molecule has 4 heteroatoms. The average molecular weight is 261 g/mol. The van der Waals surface area contributed by atoms with Gasteiger partial charge in [-0.25, -0.2) is 0 Å². The van der Waals surface area contributed by atoms with Crippen molar-refractivity contribution in [3.8, 4) is 0 Å². The Morgan fingerprint density at radius 3 is 2.56 bits per heavy atom. The van der Waals surface area contributed by atoms with E-state index >= 15 is 0 Å². The van der Waals surface area contributed by atoms with Crippen molar-refractivity contribution in [3.63, 3.8) is 0 Å². The van der Waals surface area contributed by atoms with Gasteiger partial charge < -0.3 is 5.73 Å². The van der Waals surface area contributed by atoms with Gasteiger partial charge in [-0.3, -0.25) is 0 Å². The maximum Gasteiger partial charge on any atom is 0.0801 e. The van der Waals surface area contributed by atoms with Gasteiger partial charge in [-0.05, 0) is 54.9 Å². The first-order valence-corrected chi connectivity index (χ1v) is 7.02. The highest BCUT2D eigenvalue weighted by Gasteiger charge is 2.16. The lowest BCUT2D eigenvalue weighted by Gasteiger charge is -2.14. The summed E-state index contributed by atoms with van der Waals surface area (Å²) in [5.74, 6) is 0. The van der Waals surface area contributed by atoms with Crippen LogP contribution in [0, 0.1) is 13.8 Å². The lowest BCUT2D eigenvalue weighted by molar-refractivity contribution is 0.716.